The Morgan fingerprint density at radius 2 is 2.25 bits per heavy atom. The summed E-state index contributed by atoms with van der Waals surface area (Å²) < 4.78 is 6.91. The van der Waals surface area contributed by atoms with Crippen LogP contribution in [0.1, 0.15) is 5.76 Å². The first kappa shape index (κ1) is 7.02. The summed E-state index contributed by atoms with van der Waals surface area (Å²) >= 11 is 0. The Balaban J connectivity index is 2.50. The molecule has 0 bridgehead atoms. The molecule has 0 aliphatic carbocycles. The molecule has 5 nitrogen and oxygen atoms in total. The van der Waals surface area contributed by atoms with Crippen LogP contribution in [-0.2, 0) is 7.05 Å². The number of hydrogen-bond acceptors (Lipinski definition) is 4. The van der Waals surface area contributed by atoms with Gasteiger partial charge in [-0.25, -0.2) is 4.68 Å². The summed E-state index contributed by atoms with van der Waals surface area (Å²) in [6, 6.07) is 3.73. The monoisotopic (exact) mass is 164 g/mol. The van der Waals surface area contributed by atoms with Gasteiger partial charge in [0.2, 0.25) is 5.82 Å². The van der Waals surface area contributed by atoms with E-state index in [0.29, 0.717) is 11.6 Å². The Morgan fingerprint density at radius 3 is 2.75 bits per heavy atom. The van der Waals surface area contributed by atoms with E-state index in [1.54, 1.807) is 11.7 Å². The first-order valence-electron chi connectivity index (χ1n) is 3.56. The Hall–Kier alpha value is -1.65. The van der Waals surface area contributed by atoms with Gasteiger partial charge in [0.15, 0.2) is 5.76 Å². The molecule has 2 aromatic rings. The van der Waals surface area contributed by atoms with E-state index in [4.69, 9.17) is 4.42 Å². The van der Waals surface area contributed by atoms with Gasteiger partial charge in [0.05, 0.1) is 0 Å². The Kier molecular flexibility index (Phi) is 1.43. The first-order valence-corrected chi connectivity index (χ1v) is 3.56. The fourth-order valence-electron chi connectivity index (χ4n) is 0.993. The molecule has 2 aromatic heterocycles. The fraction of sp³-hybridized carbons (Fsp3) is 0.286. The normalized spacial score (nSPS) is 10.5. The molecule has 0 N–H and O–H groups in total. The summed E-state index contributed by atoms with van der Waals surface area (Å²) in [6.07, 6.45) is 0. The zero-order valence-corrected chi connectivity index (χ0v) is 6.85. The van der Waals surface area contributed by atoms with Crippen molar-refractivity contribution in [2.75, 3.05) is 0 Å². The molecule has 0 fully saturated rings. The molecule has 12 heavy (non-hydrogen) atoms. The van der Waals surface area contributed by atoms with Gasteiger partial charge in [-0.05, 0) is 29.5 Å². The minimum atomic E-state index is 0.642. The van der Waals surface area contributed by atoms with Crippen molar-refractivity contribution in [3.63, 3.8) is 0 Å². The predicted octanol–water partition coefficient (Wildman–Crippen LogP) is 0.779. The zero-order chi connectivity index (χ0) is 8.55. The van der Waals surface area contributed by atoms with E-state index in [0.717, 1.165) is 5.76 Å². The molecule has 0 unspecified atom stereocenters. The van der Waals surface area contributed by atoms with E-state index in [2.05, 4.69) is 15.5 Å². The second-order valence-corrected chi connectivity index (χ2v) is 2.54. The minimum absolute atomic E-state index is 0.642. The Bertz CT molecular complexity index is 390. The lowest BCUT2D eigenvalue weighted by Gasteiger charge is -1.91. The van der Waals surface area contributed by atoms with Gasteiger partial charge in [-0.3, -0.25) is 0 Å². The molecular weight excluding hydrogens is 156 g/mol. The number of aryl methyl sites for hydroxylation is 2. The summed E-state index contributed by atoms with van der Waals surface area (Å²) in [6.45, 7) is 1.88. The van der Waals surface area contributed by atoms with E-state index in [1.165, 1.54) is 0 Å². The highest BCUT2D eigenvalue weighted by atomic mass is 16.3. The SMILES string of the molecule is Cc1ccc(-c2nnnn2C)o1. The largest absolute Gasteiger partial charge is 0.458 e. The quantitative estimate of drug-likeness (QED) is 0.624. The topological polar surface area (TPSA) is 56.7 Å². The Labute approximate surface area is 69.0 Å². The molecule has 0 aromatic carbocycles. The molecule has 2 rings (SSSR count). The van der Waals surface area contributed by atoms with Gasteiger partial charge in [-0.1, -0.05) is 0 Å². The zero-order valence-electron chi connectivity index (χ0n) is 6.85. The number of nitrogens with zero attached hydrogens (tertiary/aromatic N) is 4. The van der Waals surface area contributed by atoms with Crippen LogP contribution in [-0.4, -0.2) is 20.2 Å². The van der Waals surface area contributed by atoms with E-state index in [-0.39, 0.29) is 0 Å². The average molecular weight is 164 g/mol. The standard InChI is InChI=1S/C7H8N4O/c1-5-3-4-6(12-5)7-8-9-10-11(7)2/h3-4H,1-2H3. The first-order chi connectivity index (χ1) is 5.77. The third-order valence-corrected chi connectivity index (χ3v) is 1.58. The summed E-state index contributed by atoms with van der Waals surface area (Å²) in [4.78, 5) is 0. The van der Waals surface area contributed by atoms with Gasteiger partial charge < -0.3 is 4.42 Å². The third-order valence-electron chi connectivity index (χ3n) is 1.58. The van der Waals surface area contributed by atoms with E-state index >= 15 is 0 Å². The molecule has 5 heteroatoms. The number of aromatic nitrogens is 4. The van der Waals surface area contributed by atoms with Crippen molar-refractivity contribution >= 4 is 0 Å². The van der Waals surface area contributed by atoms with Gasteiger partial charge in [0, 0.05) is 7.05 Å². The van der Waals surface area contributed by atoms with Crippen molar-refractivity contribution in [2.24, 2.45) is 7.05 Å². The number of furan rings is 1. The molecular formula is C7H8N4O. The lowest BCUT2D eigenvalue weighted by molar-refractivity contribution is 0.539. The van der Waals surface area contributed by atoms with Crippen LogP contribution >= 0.6 is 0 Å². The van der Waals surface area contributed by atoms with Crippen LogP contribution in [0.5, 0.6) is 0 Å². The van der Waals surface area contributed by atoms with Crippen LogP contribution in [0.15, 0.2) is 16.5 Å². The highest BCUT2D eigenvalue weighted by Crippen LogP contribution is 2.17. The maximum absolute atomic E-state index is 5.35. The molecule has 0 saturated heterocycles. The molecule has 0 spiro atoms. The van der Waals surface area contributed by atoms with Crippen molar-refractivity contribution in [1.82, 2.24) is 20.2 Å². The lowest BCUT2D eigenvalue weighted by Crippen LogP contribution is -1.93. The summed E-state index contributed by atoms with van der Waals surface area (Å²) in [5.74, 6) is 2.19. The van der Waals surface area contributed by atoms with Crippen LogP contribution < -0.4 is 0 Å². The van der Waals surface area contributed by atoms with Crippen molar-refractivity contribution < 1.29 is 4.42 Å². The number of tetrazole rings is 1. The van der Waals surface area contributed by atoms with Crippen molar-refractivity contribution in [2.45, 2.75) is 6.92 Å². The fourth-order valence-corrected chi connectivity index (χ4v) is 0.993. The van der Waals surface area contributed by atoms with Gasteiger partial charge in [-0.15, -0.1) is 5.10 Å². The van der Waals surface area contributed by atoms with Crippen molar-refractivity contribution in [3.05, 3.63) is 17.9 Å². The highest BCUT2D eigenvalue weighted by Gasteiger charge is 2.08. The smallest absolute Gasteiger partial charge is 0.217 e. The van der Waals surface area contributed by atoms with E-state index in [9.17, 15) is 0 Å². The van der Waals surface area contributed by atoms with E-state index < -0.39 is 0 Å². The van der Waals surface area contributed by atoms with Crippen molar-refractivity contribution in [1.29, 1.82) is 0 Å². The number of rotatable bonds is 1. The molecule has 0 amide bonds. The van der Waals surface area contributed by atoms with Crippen molar-refractivity contribution in [3.8, 4) is 11.6 Å². The maximum atomic E-state index is 5.35. The second-order valence-electron chi connectivity index (χ2n) is 2.54. The molecule has 62 valence electrons. The molecule has 0 aliphatic heterocycles. The summed E-state index contributed by atoms with van der Waals surface area (Å²) in [7, 11) is 1.77. The average Bonchev–Trinajstić information content (AvgIpc) is 2.58. The number of hydrogen-bond donors (Lipinski definition) is 0. The molecule has 0 saturated carbocycles. The van der Waals surface area contributed by atoms with Crippen LogP contribution in [0.4, 0.5) is 0 Å². The van der Waals surface area contributed by atoms with Crippen LogP contribution in [0.3, 0.4) is 0 Å². The second kappa shape index (κ2) is 2.44. The van der Waals surface area contributed by atoms with Gasteiger partial charge >= 0.3 is 0 Å². The third kappa shape index (κ3) is 0.990. The van der Waals surface area contributed by atoms with Crippen LogP contribution in [0.25, 0.3) is 11.6 Å². The summed E-state index contributed by atoms with van der Waals surface area (Å²) in [5, 5.41) is 11.0. The Morgan fingerprint density at radius 1 is 1.42 bits per heavy atom. The molecule has 2 heterocycles. The predicted molar refractivity (Wildman–Crippen MR) is 41.2 cm³/mol. The van der Waals surface area contributed by atoms with Gasteiger partial charge in [0.1, 0.15) is 5.76 Å². The minimum Gasteiger partial charge on any atom is -0.458 e. The van der Waals surface area contributed by atoms with E-state index in [1.807, 2.05) is 19.1 Å². The summed E-state index contributed by atoms with van der Waals surface area (Å²) in [5.41, 5.74) is 0. The molecule has 0 atom stereocenters. The lowest BCUT2D eigenvalue weighted by atomic mass is 10.4. The van der Waals surface area contributed by atoms with Crippen LogP contribution in [0, 0.1) is 6.92 Å². The molecule has 0 aliphatic rings. The van der Waals surface area contributed by atoms with Gasteiger partial charge in [0.25, 0.3) is 0 Å². The van der Waals surface area contributed by atoms with Crippen LogP contribution in [0.2, 0.25) is 0 Å². The maximum Gasteiger partial charge on any atom is 0.217 e. The highest BCUT2D eigenvalue weighted by molar-refractivity contribution is 5.45. The molecule has 0 radical (unpaired) electrons. The van der Waals surface area contributed by atoms with Gasteiger partial charge in [-0.2, -0.15) is 0 Å².